The molecule has 19 heavy (non-hydrogen) atoms. The molecule has 0 atom stereocenters. The van der Waals surface area contributed by atoms with E-state index in [1.165, 1.54) is 0 Å². The molecule has 1 heterocycles. The second-order valence-corrected chi connectivity index (χ2v) is 4.37. The lowest BCUT2D eigenvalue weighted by molar-refractivity contribution is 0.0419. The highest BCUT2D eigenvalue weighted by Crippen LogP contribution is 2.28. The molecule has 0 aliphatic carbocycles. The average Bonchev–Trinajstić information content (AvgIpc) is 2.39. The van der Waals surface area contributed by atoms with Crippen molar-refractivity contribution < 1.29 is 14.3 Å². The summed E-state index contributed by atoms with van der Waals surface area (Å²) in [4.78, 5) is 11.8. The smallest absolute Gasteiger partial charge is 0.349 e. The van der Waals surface area contributed by atoms with E-state index in [1.54, 1.807) is 24.3 Å². The van der Waals surface area contributed by atoms with Crippen LogP contribution in [0.1, 0.15) is 21.5 Å². The van der Waals surface area contributed by atoms with E-state index in [-0.39, 0.29) is 11.9 Å². The van der Waals surface area contributed by atoms with Crippen molar-refractivity contribution in [3.63, 3.8) is 0 Å². The predicted molar refractivity (Wildman–Crippen MR) is 71.6 cm³/mol. The molecule has 3 heteroatoms. The quantitative estimate of drug-likeness (QED) is 0.728. The number of benzene rings is 2. The number of fused-ring (bicyclic) bond motifs is 1. The molecule has 94 valence electrons. The summed E-state index contributed by atoms with van der Waals surface area (Å²) in [5.41, 5.74) is 2.52. The van der Waals surface area contributed by atoms with Gasteiger partial charge in [-0.1, -0.05) is 42.0 Å². The van der Waals surface area contributed by atoms with Crippen molar-refractivity contribution in [3.8, 4) is 5.75 Å². The number of esters is 1. The van der Waals surface area contributed by atoms with E-state index < -0.39 is 0 Å². The molecule has 0 saturated heterocycles. The molecule has 0 aromatic heterocycles. The van der Waals surface area contributed by atoms with Gasteiger partial charge in [0.05, 0.1) is 0 Å². The van der Waals surface area contributed by atoms with Crippen molar-refractivity contribution in [2.24, 2.45) is 0 Å². The zero-order valence-corrected chi connectivity index (χ0v) is 10.4. The van der Waals surface area contributed by atoms with E-state index >= 15 is 0 Å². The summed E-state index contributed by atoms with van der Waals surface area (Å²) in [6, 6.07) is 14.9. The molecule has 0 spiro atoms. The minimum absolute atomic E-state index is 0.203. The minimum atomic E-state index is -0.388. The first-order valence-electron chi connectivity index (χ1n) is 6.00. The van der Waals surface area contributed by atoms with Crippen molar-refractivity contribution in [1.82, 2.24) is 0 Å². The second-order valence-electron chi connectivity index (χ2n) is 4.37. The highest BCUT2D eigenvalue weighted by atomic mass is 16.7. The Morgan fingerprint density at radius 3 is 2.68 bits per heavy atom. The summed E-state index contributed by atoms with van der Waals surface area (Å²) < 4.78 is 10.7. The van der Waals surface area contributed by atoms with Crippen LogP contribution >= 0.6 is 0 Å². The number of para-hydroxylation sites is 1. The Hall–Kier alpha value is -2.55. The fraction of sp³-hybridized carbons (Fsp3) is 0.0625. The molecule has 0 N–H and O–H groups in total. The number of carbonyl (C=O) groups excluding carboxylic acids is 1. The number of hydrogen-bond acceptors (Lipinski definition) is 3. The van der Waals surface area contributed by atoms with Gasteiger partial charge in [0.25, 0.3) is 5.95 Å². The molecule has 0 saturated carbocycles. The van der Waals surface area contributed by atoms with E-state index in [0.717, 1.165) is 11.1 Å². The van der Waals surface area contributed by atoms with Crippen LogP contribution in [0.15, 0.2) is 54.5 Å². The zero-order valence-electron chi connectivity index (χ0n) is 10.4. The Morgan fingerprint density at radius 1 is 1.00 bits per heavy atom. The van der Waals surface area contributed by atoms with E-state index in [9.17, 15) is 4.79 Å². The molecular formula is C16H12O3. The molecule has 2 aromatic carbocycles. The van der Waals surface area contributed by atoms with Gasteiger partial charge in [-0.15, -0.1) is 0 Å². The summed E-state index contributed by atoms with van der Waals surface area (Å²) >= 11 is 0. The van der Waals surface area contributed by atoms with Crippen LogP contribution in [-0.2, 0) is 4.74 Å². The van der Waals surface area contributed by atoms with Gasteiger partial charge in [0, 0.05) is 6.08 Å². The maximum atomic E-state index is 11.8. The molecule has 0 fully saturated rings. The highest BCUT2D eigenvalue weighted by Gasteiger charge is 2.23. The minimum Gasteiger partial charge on any atom is -0.425 e. The summed E-state index contributed by atoms with van der Waals surface area (Å²) in [5, 5.41) is 0. The van der Waals surface area contributed by atoms with Gasteiger partial charge in [0.15, 0.2) is 0 Å². The first-order chi connectivity index (χ1) is 9.22. The maximum Gasteiger partial charge on any atom is 0.349 e. The number of cyclic esters (lactones) is 1. The molecule has 3 rings (SSSR count). The molecule has 2 aromatic rings. The lowest BCUT2D eigenvalue weighted by Gasteiger charge is -2.18. The fourth-order valence-electron chi connectivity index (χ4n) is 1.95. The molecule has 0 radical (unpaired) electrons. The van der Waals surface area contributed by atoms with Gasteiger partial charge in [-0.05, 0) is 24.6 Å². The Kier molecular flexibility index (Phi) is 2.80. The molecule has 0 unspecified atom stereocenters. The van der Waals surface area contributed by atoms with Crippen LogP contribution in [-0.4, -0.2) is 5.97 Å². The van der Waals surface area contributed by atoms with Crippen LogP contribution < -0.4 is 4.74 Å². The van der Waals surface area contributed by atoms with Gasteiger partial charge in [0.1, 0.15) is 11.3 Å². The van der Waals surface area contributed by atoms with Crippen molar-refractivity contribution in [1.29, 1.82) is 0 Å². The summed E-state index contributed by atoms with van der Waals surface area (Å²) in [5.74, 6) is 0.340. The number of rotatable bonds is 1. The number of hydrogen-bond donors (Lipinski definition) is 0. The third kappa shape index (κ3) is 2.36. The van der Waals surface area contributed by atoms with Crippen molar-refractivity contribution >= 4 is 12.0 Å². The summed E-state index contributed by atoms with van der Waals surface area (Å²) in [7, 11) is 0. The highest BCUT2D eigenvalue weighted by molar-refractivity contribution is 5.94. The maximum absolute atomic E-state index is 11.8. The molecule has 3 nitrogen and oxygen atoms in total. The first-order valence-corrected chi connectivity index (χ1v) is 6.00. The molecule has 0 bridgehead atoms. The van der Waals surface area contributed by atoms with Crippen LogP contribution in [0.4, 0.5) is 0 Å². The second kappa shape index (κ2) is 4.61. The third-order valence-electron chi connectivity index (χ3n) is 2.84. The Bertz CT molecular complexity index is 671. The lowest BCUT2D eigenvalue weighted by atomic mass is 10.1. The van der Waals surface area contributed by atoms with E-state index in [4.69, 9.17) is 9.47 Å². The van der Waals surface area contributed by atoms with Crippen molar-refractivity contribution in [2.75, 3.05) is 0 Å². The van der Waals surface area contributed by atoms with Crippen LogP contribution in [0.5, 0.6) is 5.75 Å². The summed E-state index contributed by atoms with van der Waals surface area (Å²) in [6.45, 7) is 2.01. The Labute approximate surface area is 111 Å². The lowest BCUT2D eigenvalue weighted by Crippen LogP contribution is -2.16. The molecular weight excluding hydrogens is 240 g/mol. The number of aryl methyl sites for hydroxylation is 1. The normalized spacial score (nSPS) is 15.6. The van der Waals surface area contributed by atoms with Gasteiger partial charge in [-0.2, -0.15) is 0 Å². The predicted octanol–water partition coefficient (Wildman–Crippen LogP) is 3.54. The van der Waals surface area contributed by atoms with E-state index in [2.05, 4.69) is 0 Å². The molecule has 1 aliphatic heterocycles. The zero-order chi connectivity index (χ0) is 13.2. The largest absolute Gasteiger partial charge is 0.425 e. The average molecular weight is 252 g/mol. The van der Waals surface area contributed by atoms with Gasteiger partial charge in [-0.3, -0.25) is 0 Å². The topological polar surface area (TPSA) is 35.5 Å². The van der Waals surface area contributed by atoms with Gasteiger partial charge >= 0.3 is 5.97 Å². The molecule has 0 amide bonds. The van der Waals surface area contributed by atoms with Crippen LogP contribution in [0.3, 0.4) is 0 Å². The fourth-order valence-corrected chi connectivity index (χ4v) is 1.95. The standard InChI is InChI=1S/C16H12O3/c1-11-5-4-6-12(9-11)10-15-18-14-8-3-2-7-13(14)16(17)19-15/h2-10H,1H3/b15-10-. The van der Waals surface area contributed by atoms with Crippen LogP contribution in [0.2, 0.25) is 0 Å². The Balaban J connectivity index is 1.95. The Morgan fingerprint density at radius 2 is 1.84 bits per heavy atom. The first kappa shape index (κ1) is 11.5. The number of carbonyl (C=O) groups is 1. The van der Waals surface area contributed by atoms with E-state index in [1.807, 2.05) is 37.3 Å². The van der Waals surface area contributed by atoms with Crippen LogP contribution in [0, 0.1) is 6.92 Å². The monoisotopic (exact) mass is 252 g/mol. The molecule has 1 aliphatic rings. The summed E-state index contributed by atoms with van der Waals surface area (Å²) in [6.07, 6.45) is 1.71. The van der Waals surface area contributed by atoms with Gasteiger partial charge in [-0.25, -0.2) is 4.79 Å². The van der Waals surface area contributed by atoms with Crippen molar-refractivity contribution in [3.05, 3.63) is 71.2 Å². The number of ether oxygens (including phenoxy) is 2. The van der Waals surface area contributed by atoms with Gasteiger partial charge < -0.3 is 9.47 Å². The van der Waals surface area contributed by atoms with Crippen molar-refractivity contribution in [2.45, 2.75) is 6.92 Å². The SMILES string of the molecule is Cc1cccc(/C=C2\OC(=O)c3ccccc3O2)c1. The van der Waals surface area contributed by atoms with Crippen LogP contribution in [0.25, 0.3) is 6.08 Å². The third-order valence-corrected chi connectivity index (χ3v) is 2.84. The van der Waals surface area contributed by atoms with Gasteiger partial charge in [0.2, 0.25) is 0 Å². The van der Waals surface area contributed by atoms with E-state index in [0.29, 0.717) is 11.3 Å².